The summed E-state index contributed by atoms with van der Waals surface area (Å²) in [6, 6.07) is 7.67. The van der Waals surface area contributed by atoms with Crippen LogP contribution in [0.25, 0.3) is 0 Å². The first-order valence-electron chi connectivity index (χ1n) is 7.60. The van der Waals surface area contributed by atoms with E-state index in [0.717, 1.165) is 12.1 Å². The Bertz CT molecular complexity index is 995. The first-order chi connectivity index (χ1) is 12.6. The van der Waals surface area contributed by atoms with Crippen molar-refractivity contribution in [3.63, 3.8) is 0 Å². The molecule has 2 N–H and O–H groups in total. The summed E-state index contributed by atoms with van der Waals surface area (Å²) in [5, 5.41) is 2.55. The first-order valence-corrected chi connectivity index (χ1v) is 9.46. The monoisotopic (exact) mass is 414 g/mol. The van der Waals surface area contributed by atoms with Gasteiger partial charge in [-0.05, 0) is 49.9 Å². The number of halogens is 2. The molecule has 7 nitrogen and oxygen atoms in total. The van der Waals surface area contributed by atoms with Gasteiger partial charge in [0, 0.05) is 10.7 Å². The molecule has 0 spiro atoms. The average molecular weight is 415 g/mol. The third kappa shape index (κ3) is 5.25. The van der Waals surface area contributed by atoms with Gasteiger partial charge in [-0.25, -0.2) is 22.3 Å². The molecule has 2 aromatic rings. The highest BCUT2D eigenvalue weighted by Gasteiger charge is 2.18. The molecule has 0 saturated carbocycles. The number of carbonyl (C=O) groups is 2. The molecule has 144 valence electrons. The Balaban J connectivity index is 2.05. The number of hydrogen-bond donors (Lipinski definition) is 2. The van der Waals surface area contributed by atoms with E-state index in [1.807, 2.05) is 0 Å². The second-order valence-corrected chi connectivity index (χ2v) is 7.73. The van der Waals surface area contributed by atoms with Crippen molar-refractivity contribution in [2.45, 2.75) is 11.8 Å². The number of esters is 1. The molecule has 0 aliphatic rings. The third-order valence-corrected chi connectivity index (χ3v) is 5.30. The fourth-order valence-corrected chi connectivity index (χ4v) is 3.30. The lowest BCUT2D eigenvalue weighted by Gasteiger charge is -2.11. The number of rotatable bonds is 6. The molecule has 0 atom stereocenters. The summed E-state index contributed by atoms with van der Waals surface area (Å²) in [5.74, 6) is -2.60. The zero-order valence-electron chi connectivity index (χ0n) is 14.4. The van der Waals surface area contributed by atoms with E-state index in [-0.39, 0.29) is 15.6 Å². The van der Waals surface area contributed by atoms with Crippen molar-refractivity contribution in [2.75, 3.05) is 19.0 Å². The van der Waals surface area contributed by atoms with E-state index >= 15 is 0 Å². The van der Waals surface area contributed by atoms with Crippen molar-refractivity contribution in [3.8, 4) is 0 Å². The molecule has 2 aromatic carbocycles. The van der Waals surface area contributed by atoms with Gasteiger partial charge in [0.1, 0.15) is 5.82 Å². The van der Waals surface area contributed by atoms with Crippen LogP contribution in [0.5, 0.6) is 0 Å². The second kappa shape index (κ2) is 8.47. The minimum Gasteiger partial charge on any atom is -0.452 e. The van der Waals surface area contributed by atoms with Crippen molar-refractivity contribution in [1.82, 2.24) is 4.72 Å². The van der Waals surface area contributed by atoms with Gasteiger partial charge in [-0.3, -0.25) is 4.79 Å². The number of benzene rings is 2. The van der Waals surface area contributed by atoms with Gasteiger partial charge in [-0.2, -0.15) is 0 Å². The number of carbonyl (C=O) groups excluding carboxylic acids is 2. The largest absolute Gasteiger partial charge is 0.452 e. The summed E-state index contributed by atoms with van der Waals surface area (Å²) >= 11 is 5.70. The summed E-state index contributed by atoms with van der Waals surface area (Å²) in [5.41, 5.74) is 0.294. The zero-order chi connectivity index (χ0) is 20.2. The molecule has 0 unspecified atom stereocenters. The Labute approximate surface area is 160 Å². The summed E-state index contributed by atoms with van der Waals surface area (Å²) in [7, 11) is -2.43. The lowest BCUT2D eigenvalue weighted by Crippen LogP contribution is -2.22. The Morgan fingerprint density at radius 3 is 2.56 bits per heavy atom. The van der Waals surface area contributed by atoms with Crippen LogP contribution in [0, 0.1) is 12.7 Å². The number of amides is 1. The molecule has 0 aliphatic carbocycles. The number of nitrogens with one attached hydrogen (secondary N) is 2. The van der Waals surface area contributed by atoms with E-state index < -0.39 is 39.9 Å². The highest BCUT2D eigenvalue weighted by atomic mass is 35.5. The maximum absolute atomic E-state index is 13.6. The predicted molar refractivity (Wildman–Crippen MR) is 97.7 cm³/mol. The van der Waals surface area contributed by atoms with Crippen molar-refractivity contribution >= 4 is 39.2 Å². The molecule has 0 heterocycles. The maximum Gasteiger partial charge on any atom is 0.341 e. The van der Waals surface area contributed by atoms with Gasteiger partial charge in [-0.15, -0.1) is 0 Å². The highest BCUT2D eigenvalue weighted by Crippen LogP contribution is 2.20. The van der Waals surface area contributed by atoms with E-state index in [1.165, 1.54) is 31.3 Å². The molecular formula is C17H16ClFN2O5S. The van der Waals surface area contributed by atoms with Gasteiger partial charge < -0.3 is 10.1 Å². The fourth-order valence-electron chi connectivity index (χ4n) is 2.14. The summed E-state index contributed by atoms with van der Waals surface area (Å²) in [6.45, 7) is 0.921. The van der Waals surface area contributed by atoms with E-state index in [0.29, 0.717) is 5.56 Å². The molecule has 1 amide bonds. The van der Waals surface area contributed by atoms with Crippen molar-refractivity contribution in [2.24, 2.45) is 0 Å². The van der Waals surface area contributed by atoms with Crippen LogP contribution < -0.4 is 10.0 Å². The maximum atomic E-state index is 13.6. The molecule has 2 rings (SSSR count). The molecule has 0 aromatic heterocycles. The Morgan fingerprint density at radius 1 is 1.19 bits per heavy atom. The van der Waals surface area contributed by atoms with Crippen molar-refractivity contribution in [1.29, 1.82) is 0 Å². The quantitative estimate of drug-likeness (QED) is 0.707. The number of aryl methyl sites for hydroxylation is 1. The number of ether oxygens (including phenoxy) is 1. The van der Waals surface area contributed by atoms with Gasteiger partial charge >= 0.3 is 5.97 Å². The Hall–Kier alpha value is -2.49. The van der Waals surface area contributed by atoms with Gasteiger partial charge in [0.05, 0.1) is 10.5 Å². The standard InChI is InChI=1S/C17H16ClFN2O5S/c1-10-3-5-12(8-15(10)27(24,25)20-2)21-16(22)9-26-17(23)13-7-11(18)4-6-14(13)19/h3-8,20H,9H2,1-2H3,(H,21,22). The SMILES string of the molecule is CNS(=O)(=O)c1cc(NC(=O)COC(=O)c2cc(Cl)ccc2F)ccc1C. The fraction of sp³-hybridized carbons (Fsp3) is 0.176. The van der Waals surface area contributed by atoms with Crippen LogP contribution in [0.2, 0.25) is 5.02 Å². The van der Waals surface area contributed by atoms with Gasteiger partial charge in [-0.1, -0.05) is 17.7 Å². The molecular weight excluding hydrogens is 399 g/mol. The zero-order valence-corrected chi connectivity index (χ0v) is 15.9. The normalized spacial score (nSPS) is 11.1. The third-order valence-electron chi connectivity index (χ3n) is 3.51. The molecule has 27 heavy (non-hydrogen) atoms. The van der Waals surface area contributed by atoms with Crippen molar-refractivity contribution < 1.29 is 27.1 Å². The second-order valence-electron chi connectivity index (χ2n) is 5.44. The van der Waals surface area contributed by atoms with Crippen LogP contribution in [-0.2, 0) is 19.6 Å². The minimum atomic E-state index is -3.70. The molecule has 10 heteroatoms. The molecule has 0 bridgehead atoms. The molecule has 0 radical (unpaired) electrons. The van der Waals surface area contributed by atoms with Crippen LogP contribution in [0.1, 0.15) is 15.9 Å². The summed E-state index contributed by atoms with van der Waals surface area (Å²) < 4.78 is 44.5. The number of hydrogen-bond acceptors (Lipinski definition) is 5. The lowest BCUT2D eigenvalue weighted by molar-refractivity contribution is -0.119. The number of anilines is 1. The van der Waals surface area contributed by atoms with Gasteiger partial charge in [0.15, 0.2) is 6.61 Å². The van der Waals surface area contributed by atoms with E-state index in [9.17, 15) is 22.4 Å². The van der Waals surface area contributed by atoms with Crippen LogP contribution in [-0.4, -0.2) is 33.9 Å². The Kier molecular flexibility index (Phi) is 6.53. The first kappa shape index (κ1) is 20.8. The van der Waals surface area contributed by atoms with E-state index in [2.05, 4.69) is 10.0 Å². The van der Waals surface area contributed by atoms with Crippen LogP contribution in [0.4, 0.5) is 10.1 Å². The Morgan fingerprint density at radius 2 is 1.89 bits per heavy atom. The van der Waals surface area contributed by atoms with Crippen molar-refractivity contribution in [3.05, 3.63) is 58.4 Å². The molecule has 0 aliphatic heterocycles. The predicted octanol–water partition coefficient (Wildman–Crippen LogP) is 2.49. The number of sulfonamides is 1. The molecule has 0 fully saturated rings. The van der Waals surface area contributed by atoms with E-state index in [1.54, 1.807) is 6.92 Å². The lowest BCUT2D eigenvalue weighted by atomic mass is 10.2. The highest BCUT2D eigenvalue weighted by molar-refractivity contribution is 7.89. The summed E-state index contributed by atoms with van der Waals surface area (Å²) in [6.07, 6.45) is 0. The minimum absolute atomic E-state index is 0.000735. The smallest absolute Gasteiger partial charge is 0.341 e. The van der Waals surface area contributed by atoms with Crippen LogP contribution >= 0.6 is 11.6 Å². The average Bonchev–Trinajstić information content (AvgIpc) is 2.63. The molecule has 0 saturated heterocycles. The topological polar surface area (TPSA) is 102 Å². The van der Waals surface area contributed by atoms with E-state index in [4.69, 9.17) is 16.3 Å². The van der Waals surface area contributed by atoms with Gasteiger partial charge in [0.2, 0.25) is 10.0 Å². The van der Waals surface area contributed by atoms with Crippen LogP contribution in [0.15, 0.2) is 41.3 Å². The van der Waals surface area contributed by atoms with Gasteiger partial charge in [0.25, 0.3) is 5.91 Å². The van der Waals surface area contributed by atoms with Crippen LogP contribution in [0.3, 0.4) is 0 Å². The summed E-state index contributed by atoms with van der Waals surface area (Å²) in [4.78, 5) is 23.8.